The van der Waals surface area contributed by atoms with Crippen LogP contribution in [0, 0.1) is 5.92 Å². The Labute approximate surface area is 207 Å². The molecule has 176 valence electrons. The van der Waals surface area contributed by atoms with E-state index in [1.807, 2.05) is 52.9 Å². The number of fused-ring (bicyclic) bond motifs is 6. The fourth-order valence-corrected chi connectivity index (χ4v) is 6.13. The SMILES string of the molecule is CC(C)CCn1c(=O)c2ccccc2n2c(SCc3cc(=O)n4c(n3)sc3ccccc34)nnc12. The minimum Gasteiger partial charge on any atom is -0.276 e. The molecular formula is C25H22N6O2S2. The smallest absolute Gasteiger partial charge is 0.262 e. The lowest BCUT2D eigenvalue weighted by molar-refractivity contribution is 0.512. The van der Waals surface area contributed by atoms with Crippen LogP contribution < -0.4 is 11.1 Å². The first kappa shape index (κ1) is 22.0. The molecule has 0 aliphatic carbocycles. The summed E-state index contributed by atoms with van der Waals surface area (Å²) in [7, 11) is 0. The molecule has 0 spiro atoms. The third kappa shape index (κ3) is 3.73. The lowest BCUT2D eigenvalue weighted by Gasteiger charge is -2.12. The van der Waals surface area contributed by atoms with Gasteiger partial charge in [0.25, 0.3) is 11.1 Å². The van der Waals surface area contributed by atoms with Crippen molar-refractivity contribution < 1.29 is 0 Å². The standard InChI is InChI=1S/C25H22N6O2S2/c1-15(2)11-12-29-22(33)17-7-3-4-8-18(17)31-23(29)27-28-25(31)34-14-16-13-21(32)30-19-9-5-6-10-20(19)35-24(30)26-16/h3-10,13,15H,11-12,14H2,1-2H3. The molecule has 4 heterocycles. The molecule has 0 aliphatic heterocycles. The van der Waals surface area contributed by atoms with E-state index in [1.54, 1.807) is 15.0 Å². The second kappa shape index (κ2) is 8.62. The van der Waals surface area contributed by atoms with Crippen molar-refractivity contribution in [3.05, 3.63) is 81.0 Å². The van der Waals surface area contributed by atoms with Crippen molar-refractivity contribution in [2.45, 2.75) is 37.7 Å². The highest BCUT2D eigenvalue weighted by Crippen LogP contribution is 2.27. The molecule has 2 aromatic carbocycles. The third-order valence-corrected chi connectivity index (χ3v) is 7.99. The summed E-state index contributed by atoms with van der Waals surface area (Å²) in [4.78, 5) is 31.5. The van der Waals surface area contributed by atoms with E-state index in [1.165, 1.54) is 23.1 Å². The number of rotatable bonds is 6. The van der Waals surface area contributed by atoms with Crippen molar-refractivity contribution in [1.82, 2.24) is 28.5 Å². The molecule has 0 aliphatic rings. The maximum absolute atomic E-state index is 13.2. The molecule has 8 nitrogen and oxygen atoms in total. The number of hydrogen-bond acceptors (Lipinski definition) is 7. The fourth-order valence-electron chi connectivity index (χ4n) is 4.25. The van der Waals surface area contributed by atoms with Crippen LogP contribution in [0.3, 0.4) is 0 Å². The van der Waals surface area contributed by atoms with E-state index < -0.39 is 0 Å². The molecule has 0 amide bonds. The van der Waals surface area contributed by atoms with Crippen LogP contribution in [-0.4, -0.2) is 28.5 Å². The van der Waals surface area contributed by atoms with Gasteiger partial charge in [-0.2, -0.15) is 0 Å². The Morgan fingerprint density at radius 1 is 0.971 bits per heavy atom. The molecule has 0 saturated heterocycles. The summed E-state index contributed by atoms with van der Waals surface area (Å²) in [6.07, 6.45) is 0.867. The second-order valence-electron chi connectivity index (χ2n) is 8.84. The average Bonchev–Trinajstić information content (AvgIpc) is 3.44. The lowest BCUT2D eigenvalue weighted by atomic mass is 10.1. The number of thiazole rings is 1. The van der Waals surface area contributed by atoms with Crippen molar-refractivity contribution in [3.8, 4) is 0 Å². The van der Waals surface area contributed by atoms with Gasteiger partial charge in [0, 0.05) is 18.4 Å². The summed E-state index contributed by atoms with van der Waals surface area (Å²) in [5, 5.41) is 10.1. The van der Waals surface area contributed by atoms with Crippen molar-refractivity contribution in [2.24, 2.45) is 5.92 Å². The van der Waals surface area contributed by atoms with Crippen molar-refractivity contribution >= 4 is 55.0 Å². The van der Waals surface area contributed by atoms with Crippen LogP contribution in [0.2, 0.25) is 0 Å². The van der Waals surface area contributed by atoms with Gasteiger partial charge in [-0.05, 0) is 36.6 Å². The highest BCUT2D eigenvalue weighted by Gasteiger charge is 2.18. The lowest BCUT2D eigenvalue weighted by Crippen LogP contribution is -2.24. The zero-order valence-corrected chi connectivity index (χ0v) is 20.8. The molecule has 0 fully saturated rings. The van der Waals surface area contributed by atoms with Gasteiger partial charge in [-0.15, -0.1) is 10.2 Å². The van der Waals surface area contributed by atoms with E-state index in [2.05, 4.69) is 24.0 Å². The summed E-state index contributed by atoms with van der Waals surface area (Å²) in [5.74, 6) is 1.45. The molecule has 0 atom stereocenters. The number of hydrogen-bond donors (Lipinski definition) is 0. The molecule has 0 unspecified atom stereocenters. The zero-order valence-electron chi connectivity index (χ0n) is 19.2. The van der Waals surface area contributed by atoms with E-state index in [9.17, 15) is 9.59 Å². The second-order valence-corrected chi connectivity index (χ2v) is 10.8. The minimum absolute atomic E-state index is 0.0531. The maximum atomic E-state index is 13.2. The quantitative estimate of drug-likeness (QED) is 0.309. The molecule has 6 rings (SSSR count). The first-order valence-corrected chi connectivity index (χ1v) is 13.2. The molecule has 0 radical (unpaired) electrons. The van der Waals surface area contributed by atoms with E-state index >= 15 is 0 Å². The molecular weight excluding hydrogens is 480 g/mol. The van der Waals surface area contributed by atoms with E-state index in [-0.39, 0.29) is 11.1 Å². The number of nitrogens with zero attached hydrogens (tertiary/aromatic N) is 6. The van der Waals surface area contributed by atoms with Crippen LogP contribution in [0.5, 0.6) is 0 Å². The van der Waals surface area contributed by atoms with E-state index in [0.717, 1.165) is 22.2 Å². The molecule has 4 aromatic heterocycles. The normalized spacial score (nSPS) is 12.1. The van der Waals surface area contributed by atoms with Gasteiger partial charge in [-0.25, -0.2) is 4.98 Å². The Morgan fingerprint density at radius 3 is 2.57 bits per heavy atom. The van der Waals surface area contributed by atoms with Crippen LogP contribution in [0.15, 0.2) is 69.3 Å². The number of aromatic nitrogens is 6. The van der Waals surface area contributed by atoms with Crippen molar-refractivity contribution in [3.63, 3.8) is 0 Å². The summed E-state index contributed by atoms with van der Waals surface area (Å²) in [6, 6.07) is 16.9. The van der Waals surface area contributed by atoms with Crippen LogP contribution >= 0.6 is 23.1 Å². The number of benzene rings is 2. The summed E-state index contributed by atoms with van der Waals surface area (Å²) in [5.41, 5.74) is 2.18. The van der Waals surface area contributed by atoms with Gasteiger partial charge < -0.3 is 0 Å². The molecule has 0 N–H and O–H groups in total. The Hall–Kier alpha value is -3.50. The van der Waals surface area contributed by atoms with E-state index in [0.29, 0.717) is 45.2 Å². The first-order chi connectivity index (χ1) is 17.0. The topological polar surface area (TPSA) is 86.6 Å². The molecule has 0 bridgehead atoms. The molecule has 0 saturated carbocycles. The van der Waals surface area contributed by atoms with Gasteiger partial charge in [-0.1, -0.05) is 61.2 Å². The Bertz CT molecular complexity index is 1850. The highest BCUT2D eigenvalue weighted by atomic mass is 32.2. The van der Waals surface area contributed by atoms with Crippen molar-refractivity contribution in [2.75, 3.05) is 0 Å². The maximum Gasteiger partial charge on any atom is 0.262 e. The molecule has 6 aromatic rings. The summed E-state index contributed by atoms with van der Waals surface area (Å²) < 4.78 is 6.33. The van der Waals surface area contributed by atoms with Crippen LogP contribution in [-0.2, 0) is 12.3 Å². The van der Waals surface area contributed by atoms with Crippen molar-refractivity contribution in [1.29, 1.82) is 0 Å². The molecule has 35 heavy (non-hydrogen) atoms. The van der Waals surface area contributed by atoms with Crippen LogP contribution in [0.4, 0.5) is 0 Å². The third-order valence-electron chi connectivity index (χ3n) is 6.01. The van der Waals surface area contributed by atoms with Gasteiger partial charge in [0.05, 0.1) is 26.8 Å². The monoisotopic (exact) mass is 502 g/mol. The number of thioether (sulfide) groups is 1. The Morgan fingerprint density at radius 2 is 1.74 bits per heavy atom. The van der Waals surface area contributed by atoms with Crippen LogP contribution in [0.1, 0.15) is 26.0 Å². The van der Waals surface area contributed by atoms with Gasteiger partial charge in [0.2, 0.25) is 5.78 Å². The number of aryl methyl sites for hydroxylation is 1. The average molecular weight is 503 g/mol. The minimum atomic E-state index is -0.0953. The Balaban J connectivity index is 1.42. The van der Waals surface area contributed by atoms with Gasteiger partial charge in [0.15, 0.2) is 10.1 Å². The predicted molar refractivity (Wildman–Crippen MR) is 141 cm³/mol. The molecule has 10 heteroatoms. The number of para-hydroxylation sites is 2. The summed E-state index contributed by atoms with van der Waals surface area (Å²) in [6.45, 7) is 4.85. The van der Waals surface area contributed by atoms with Gasteiger partial charge in [0.1, 0.15) is 0 Å². The highest BCUT2D eigenvalue weighted by molar-refractivity contribution is 7.98. The first-order valence-electron chi connectivity index (χ1n) is 11.4. The van der Waals surface area contributed by atoms with Gasteiger partial charge in [-0.3, -0.25) is 23.0 Å². The predicted octanol–water partition coefficient (Wildman–Crippen LogP) is 4.61. The largest absolute Gasteiger partial charge is 0.276 e. The fraction of sp³-hybridized carbons (Fsp3) is 0.240. The summed E-state index contributed by atoms with van der Waals surface area (Å²) >= 11 is 2.96. The van der Waals surface area contributed by atoms with Crippen LogP contribution in [0.25, 0.3) is 31.9 Å². The van der Waals surface area contributed by atoms with E-state index in [4.69, 9.17) is 4.98 Å². The van der Waals surface area contributed by atoms with Gasteiger partial charge >= 0.3 is 0 Å². The zero-order chi connectivity index (χ0) is 24.1. The Kier molecular flexibility index (Phi) is 5.42.